The Morgan fingerprint density at radius 1 is 1.17 bits per heavy atom. The van der Waals surface area contributed by atoms with E-state index in [1.165, 1.54) is 29.6 Å². The Labute approximate surface area is 141 Å². The van der Waals surface area contributed by atoms with Gasteiger partial charge < -0.3 is 5.11 Å². The second-order valence-corrected chi connectivity index (χ2v) is 9.54. The van der Waals surface area contributed by atoms with Crippen LogP contribution in [0.4, 0.5) is 0 Å². The number of benzene rings is 1. The summed E-state index contributed by atoms with van der Waals surface area (Å²) in [5.74, 6) is -1.11. The van der Waals surface area contributed by atoms with Crippen molar-refractivity contribution in [3.63, 3.8) is 0 Å². The molecule has 0 amide bonds. The third-order valence-corrected chi connectivity index (χ3v) is 7.60. The monoisotopic (exact) mass is 376 g/mol. The van der Waals surface area contributed by atoms with E-state index in [4.69, 9.17) is 5.11 Å². The molecule has 8 nitrogen and oxygen atoms in total. The molecule has 0 aliphatic carbocycles. The molecule has 1 aliphatic rings. The number of nitrogens with zero attached hydrogens (tertiary/aromatic N) is 2. The van der Waals surface area contributed by atoms with Crippen molar-refractivity contribution >= 4 is 26.0 Å². The normalized spacial score (nSPS) is 16.6. The SMILES string of the molecule is CN(CCC(=O)O)S(=O)(=O)c1cccc(S(=O)(=O)N2CCCC2)c1. The summed E-state index contributed by atoms with van der Waals surface area (Å²) in [6.07, 6.45) is 1.24. The lowest BCUT2D eigenvalue weighted by Crippen LogP contribution is -2.30. The summed E-state index contributed by atoms with van der Waals surface area (Å²) in [6.45, 7) is 0.663. The van der Waals surface area contributed by atoms with Gasteiger partial charge in [0, 0.05) is 26.7 Å². The summed E-state index contributed by atoms with van der Waals surface area (Å²) in [4.78, 5) is 10.4. The van der Waals surface area contributed by atoms with Crippen molar-refractivity contribution in [1.29, 1.82) is 0 Å². The van der Waals surface area contributed by atoms with Gasteiger partial charge in [0.25, 0.3) is 0 Å². The van der Waals surface area contributed by atoms with Crippen molar-refractivity contribution in [2.24, 2.45) is 0 Å². The molecular weight excluding hydrogens is 356 g/mol. The molecule has 1 heterocycles. The lowest BCUT2D eigenvalue weighted by Gasteiger charge is -2.18. The average Bonchev–Trinajstić information content (AvgIpc) is 3.07. The number of sulfonamides is 2. The van der Waals surface area contributed by atoms with Crippen molar-refractivity contribution < 1.29 is 26.7 Å². The van der Waals surface area contributed by atoms with Crippen LogP contribution in [0, 0.1) is 0 Å². The Balaban J connectivity index is 2.31. The van der Waals surface area contributed by atoms with E-state index >= 15 is 0 Å². The molecule has 0 spiro atoms. The van der Waals surface area contributed by atoms with E-state index in [1.807, 2.05) is 0 Å². The first-order chi connectivity index (χ1) is 11.2. The van der Waals surface area contributed by atoms with Gasteiger partial charge in [-0.25, -0.2) is 21.1 Å². The quantitative estimate of drug-likeness (QED) is 0.744. The average molecular weight is 376 g/mol. The molecule has 0 aromatic heterocycles. The van der Waals surface area contributed by atoms with E-state index in [0.717, 1.165) is 23.2 Å². The van der Waals surface area contributed by atoms with E-state index in [9.17, 15) is 21.6 Å². The number of carbonyl (C=O) groups is 1. The summed E-state index contributed by atoms with van der Waals surface area (Å²) in [6, 6.07) is 5.17. The molecule has 1 aromatic rings. The van der Waals surface area contributed by atoms with Crippen molar-refractivity contribution in [3.05, 3.63) is 24.3 Å². The van der Waals surface area contributed by atoms with Gasteiger partial charge in [-0.15, -0.1) is 0 Å². The third kappa shape index (κ3) is 3.94. The van der Waals surface area contributed by atoms with E-state index in [1.54, 1.807) is 0 Å². The van der Waals surface area contributed by atoms with Crippen LogP contribution in [-0.4, -0.2) is 63.2 Å². The second-order valence-electron chi connectivity index (χ2n) is 5.56. The predicted octanol–water partition coefficient (Wildman–Crippen LogP) is 0.566. The van der Waals surface area contributed by atoms with E-state index in [2.05, 4.69) is 0 Å². The molecule has 134 valence electrons. The van der Waals surface area contributed by atoms with E-state index in [0.29, 0.717) is 13.1 Å². The second kappa shape index (κ2) is 7.18. The smallest absolute Gasteiger partial charge is 0.304 e. The Morgan fingerprint density at radius 2 is 1.75 bits per heavy atom. The van der Waals surface area contributed by atoms with Crippen LogP contribution >= 0.6 is 0 Å². The summed E-state index contributed by atoms with van der Waals surface area (Å²) in [5.41, 5.74) is 0. The molecule has 0 saturated carbocycles. The molecular formula is C14H20N2O6S2. The Kier molecular flexibility index (Phi) is 5.63. The Morgan fingerprint density at radius 3 is 2.33 bits per heavy atom. The first-order valence-corrected chi connectivity index (χ1v) is 10.3. The number of carboxylic acids is 1. The highest BCUT2D eigenvalue weighted by Crippen LogP contribution is 2.24. The molecule has 10 heteroatoms. The van der Waals surface area contributed by atoms with Gasteiger partial charge in [-0.05, 0) is 31.0 Å². The van der Waals surface area contributed by atoms with Gasteiger partial charge in [0.05, 0.1) is 16.2 Å². The number of carboxylic acid groups (broad SMARTS) is 1. The van der Waals surface area contributed by atoms with Crippen LogP contribution in [0.3, 0.4) is 0 Å². The third-order valence-electron chi connectivity index (χ3n) is 3.86. The number of hydrogen-bond acceptors (Lipinski definition) is 5. The van der Waals surface area contributed by atoms with Crippen molar-refractivity contribution in [1.82, 2.24) is 8.61 Å². The number of aliphatic carboxylic acids is 1. The minimum atomic E-state index is -3.95. The van der Waals surface area contributed by atoms with Gasteiger partial charge in [-0.3, -0.25) is 4.79 Å². The summed E-state index contributed by atoms with van der Waals surface area (Å²) in [5, 5.41) is 8.66. The highest BCUT2D eigenvalue weighted by Gasteiger charge is 2.29. The first kappa shape index (κ1) is 18.8. The fourth-order valence-electron chi connectivity index (χ4n) is 2.43. The van der Waals surface area contributed by atoms with Crippen LogP contribution in [0.5, 0.6) is 0 Å². The number of hydrogen-bond donors (Lipinski definition) is 1. The fourth-order valence-corrected chi connectivity index (χ4v) is 5.28. The van der Waals surface area contributed by atoms with Gasteiger partial charge in [0.15, 0.2) is 0 Å². The summed E-state index contributed by atoms with van der Waals surface area (Å²) >= 11 is 0. The number of rotatable bonds is 7. The molecule has 1 N–H and O–H groups in total. The molecule has 2 rings (SSSR count). The largest absolute Gasteiger partial charge is 0.481 e. The summed E-state index contributed by atoms with van der Waals surface area (Å²) in [7, 11) is -6.41. The zero-order chi connectivity index (χ0) is 18.0. The van der Waals surface area contributed by atoms with Crippen LogP contribution in [0.1, 0.15) is 19.3 Å². The molecule has 1 aliphatic heterocycles. The molecule has 0 bridgehead atoms. The molecule has 1 fully saturated rings. The van der Waals surface area contributed by atoms with E-state index in [-0.39, 0.29) is 22.8 Å². The van der Waals surface area contributed by atoms with Crippen molar-refractivity contribution in [2.45, 2.75) is 29.1 Å². The minimum Gasteiger partial charge on any atom is -0.481 e. The van der Waals surface area contributed by atoms with Crippen LogP contribution < -0.4 is 0 Å². The topological polar surface area (TPSA) is 112 Å². The van der Waals surface area contributed by atoms with Gasteiger partial charge in [0.1, 0.15) is 0 Å². The molecule has 1 saturated heterocycles. The summed E-state index contributed by atoms with van der Waals surface area (Å²) < 4.78 is 52.3. The maximum Gasteiger partial charge on any atom is 0.304 e. The maximum absolute atomic E-state index is 12.5. The molecule has 0 atom stereocenters. The molecule has 0 radical (unpaired) electrons. The van der Waals surface area contributed by atoms with Crippen LogP contribution in [0.25, 0.3) is 0 Å². The van der Waals surface area contributed by atoms with E-state index < -0.39 is 26.0 Å². The predicted molar refractivity (Wildman–Crippen MR) is 86.5 cm³/mol. The standard InChI is InChI=1S/C14H20N2O6S2/c1-15(10-7-14(17)18)23(19,20)12-5-4-6-13(11-12)24(21,22)16-8-2-3-9-16/h4-6,11H,2-3,7-10H2,1H3,(H,17,18). The Bertz CT molecular complexity index is 813. The zero-order valence-electron chi connectivity index (χ0n) is 13.3. The highest BCUT2D eigenvalue weighted by molar-refractivity contribution is 7.90. The Hall–Kier alpha value is -1.49. The van der Waals surface area contributed by atoms with Crippen LogP contribution in [0.2, 0.25) is 0 Å². The fraction of sp³-hybridized carbons (Fsp3) is 0.500. The molecule has 24 heavy (non-hydrogen) atoms. The maximum atomic E-state index is 12.5. The van der Waals surface area contributed by atoms with Crippen molar-refractivity contribution in [2.75, 3.05) is 26.7 Å². The molecule has 0 unspecified atom stereocenters. The zero-order valence-corrected chi connectivity index (χ0v) is 14.9. The lowest BCUT2D eigenvalue weighted by atomic mass is 10.4. The van der Waals surface area contributed by atoms with Crippen LogP contribution in [-0.2, 0) is 24.8 Å². The van der Waals surface area contributed by atoms with Crippen molar-refractivity contribution in [3.8, 4) is 0 Å². The molecule has 1 aromatic carbocycles. The van der Waals surface area contributed by atoms with Crippen LogP contribution in [0.15, 0.2) is 34.1 Å². The first-order valence-electron chi connectivity index (χ1n) is 7.44. The van der Waals surface area contributed by atoms with Gasteiger partial charge >= 0.3 is 5.97 Å². The lowest BCUT2D eigenvalue weighted by molar-refractivity contribution is -0.137. The van der Waals surface area contributed by atoms with Gasteiger partial charge in [0.2, 0.25) is 20.0 Å². The highest BCUT2D eigenvalue weighted by atomic mass is 32.2. The van der Waals surface area contributed by atoms with Gasteiger partial charge in [-0.1, -0.05) is 6.07 Å². The van der Waals surface area contributed by atoms with Gasteiger partial charge in [-0.2, -0.15) is 4.31 Å². The minimum absolute atomic E-state index is 0.0721.